The fraction of sp³-hybridized carbons (Fsp3) is 0.250. The molecule has 0 spiro atoms. The zero-order valence-electron chi connectivity index (χ0n) is 20.3. The lowest BCUT2D eigenvalue weighted by molar-refractivity contribution is 0.0713. The number of amides is 1. The molecule has 9 heteroatoms. The molecule has 1 aliphatic rings. The number of carbonyl (C=O) groups excluding carboxylic acids is 1. The van der Waals surface area contributed by atoms with E-state index in [4.69, 9.17) is 4.98 Å². The predicted molar refractivity (Wildman–Crippen MR) is 145 cm³/mol. The first-order chi connectivity index (χ1) is 18.3. The Balaban J connectivity index is 1.28. The molecule has 6 rings (SSSR count). The number of likely N-dealkylation sites (tertiary alicyclic amines) is 1. The SMILES string of the molecule is O=C(c1cnc2c(Cc3nn[nH]n3)csc2c1NCc1ccccc1)N1CCC(c2ccccc2)CC1. The highest BCUT2D eigenvalue weighted by Gasteiger charge is 2.27. The normalized spacial score (nSPS) is 14.2. The Morgan fingerprint density at radius 3 is 2.54 bits per heavy atom. The van der Waals surface area contributed by atoms with Gasteiger partial charge in [-0.1, -0.05) is 65.9 Å². The number of benzene rings is 2. The number of hydrogen-bond acceptors (Lipinski definition) is 7. The molecule has 0 atom stereocenters. The van der Waals surface area contributed by atoms with E-state index in [-0.39, 0.29) is 5.91 Å². The van der Waals surface area contributed by atoms with Gasteiger partial charge in [-0.25, -0.2) is 0 Å². The second-order valence-corrected chi connectivity index (χ2v) is 10.2. The summed E-state index contributed by atoms with van der Waals surface area (Å²) in [4.78, 5) is 20.5. The number of H-pyrrole nitrogens is 1. The quantitative estimate of drug-likeness (QED) is 0.319. The lowest BCUT2D eigenvalue weighted by Gasteiger charge is -2.32. The number of nitrogens with one attached hydrogen (secondary N) is 2. The van der Waals surface area contributed by atoms with Crippen molar-refractivity contribution >= 4 is 33.1 Å². The van der Waals surface area contributed by atoms with Gasteiger partial charge in [-0.05, 0) is 40.8 Å². The van der Waals surface area contributed by atoms with Crippen molar-refractivity contribution in [1.82, 2.24) is 30.5 Å². The third-order valence-electron chi connectivity index (χ3n) is 6.99. The second kappa shape index (κ2) is 10.5. The van der Waals surface area contributed by atoms with Gasteiger partial charge < -0.3 is 10.2 Å². The van der Waals surface area contributed by atoms with Gasteiger partial charge in [-0.3, -0.25) is 9.78 Å². The van der Waals surface area contributed by atoms with Gasteiger partial charge in [0.2, 0.25) is 0 Å². The Morgan fingerprint density at radius 1 is 1.05 bits per heavy atom. The Labute approximate surface area is 218 Å². The molecule has 1 saturated heterocycles. The summed E-state index contributed by atoms with van der Waals surface area (Å²) in [6.45, 7) is 2.10. The highest BCUT2D eigenvalue weighted by atomic mass is 32.1. The molecule has 4 heterocycles. The maximum Gasteiger partial charge on any atom is 0.257 e. The van der Waals surface area contributed by atoms with Crippen LogP contribution in [0.5, 0.6) is 0 Å². The van der Waals surface area contributed by atoms with Crippen LogP contribution in [-0.4, -0.2) is 49.5 Å². The number of piperidine rings is 1. The molecule has 0 unspecified atom stereocenters. The number of aromatic nitrogens is 5. The van der Waals surface area contributed by atoms with Gasteiger partial charge in [-0.15, -0.1) is 21.5 Å². The van der Waals surface area contributed by atoms with Crippen LogP contribution in [0.4, 0.5) is 5.69 Å². The Hall–Kier alpha value is -4.11. The topological polar surface area (TPSA) is 99.7 Å². The summed E-state index contributed by atoms with van der Waals surface area (Å²) in [7, 11) is 0. The van der Waals surface area contributed by atoms with Gasteiger partial charge in [0.15, 0.2) is 5.82 Å². The van der Waals surface area contributed by atoms with Crippen LogP contribution in [0.1, 0.15) is 51.6 Å². The van der Waals surface area contributed by atoms with Crippen molar-refractivity contribution in [3.8, 4) is 0 Å². The monoisotopic (exact) mass is 509 g/mol. The van der Waals surface area contributed by atoms with Crippen molar-refractivity contribution in [2.75, 3.05) is 18.4 Å². The standard InChI is InChI=1S/C28H27N7OS/c36-28(35-13-11-21(12-14-35)20-9-5-2-6-10-20)23-17-30-25-22(15-24-31-33-34-32-24)18-37-27(25)26(23)29-16-19-7-3-1-4-8-19/h1-10,17-18,21H,11-16H2,(H,29,30)(H,31,32,33,34). The van der Waals surface area contributed by atoms with E-state index in [0.29, 0.717) is 30.3 Å². The summed E-state index contributed by atoms with van der Waals surface area (Å²) in [6, 6.07) is 20.8. The van der Waals surface area contributed by atoms with Crippen LogP contribution in [0, 0.1) is 0 Å². The van der Waals surface area contributed by atoms with E-state index in [1.54, 1.807) is 17.5 Å². The molecule has 0 saturated carbocycles. The molecular formula is C28H27N7OS. The van der Waals surface area contributed by atoms with E-state index in [2.05, 4.69) is 67.7 Å². The minimum Gasteiger partial charge on any atom is -0.379 e. The van der Waals surface area contributed by atoms with Crippen molar-refractivity contribution in [3.63, 3.8) is 0 Å². The molecule has 37 heavy (non-hydrogen) atoms. The first kappa shape index (κ1) is 23.3. The van der Waals surface area contributed by atoms with Crippen LogP contribution in [0.3, 0.4) is 0 Å². The molecule has 5 aromatic rings. The van der Waals surface area contributed by atoms with Crippen molar-refractivity contribution in [1.29, 1.82) is 0 Å². The zero-order chi connectivity index (χ0) is 25.0. The Morgan fingerprint density at radius 2 is 1.81 bits per heavy atom. The number of tetrazole rings is 1. The summed E-state index contributed by atoms with van der Waals surface area (Å²) in [6.07, 6.45) is 4.19. The third-order valence-corrected chi connectivity index (χ3v) is 8.03. The second-order valence-electron chi connectivity index (χ2n) is 9.31. The highest BCUT2D eigenvalue weighted by Crippen LogP contribution is 2.36. The molecule has 2 aromatic carbocycles. The predicted octanol–water partition coefficient (Wildman–Crippen LogP) is 5.03. The number of thiophene rings is 1. The number of pyridine rings is 1. The fourth-order valence-electron chi connectivity index (χ4n) is 5.01. The largest absolute Gasteiger partial charge is 0.379 e. The number of carbonyl (C=O) groups is 1. The first-order valence-corrected chi connectivity index (χ1v) is 13.4. The van der Waals surface area contributed by atoms with Crippen LogP contribution in [0.25, 0.3) is 10.2 Å². The van der Waals surface area contributed by atoms with Gasteiger partial charge in [0.05, 0.1) is 21.5 Å². The smallest absolute Gasteiger partial charge is 0.257 e. The molecule has 0 aliphatic carbocycles. The van der Waals surface area contributed by atoms with E-state index in [9.17, 15) is 4.79 Å². The van der Waals surface area contributed by atoms with Crippen molar-refractivity contribution < 1.29 is 4.79 Å². The van der Waals surface area contributed by atoms with Gasteiger partial charge in [-0.2, -0.15) is 5.21 Å². The molecule has 1 amide bonds. The molecule has 8 nitrogen and oxygen atoms in total. The van der Waals surface area contributed by atoms with Crippen LogP contribution in [0.15, 0.2) is 72.2 Å². The van der Waals surface area contributed by atoms with Gasteiger partial charge in [0.25, 0.3) is 5.91 Å². The average molecular weight is 510 g/mol. The number of anilines is 1. The van der Waals surface area contributed by atoms with Crippen molar-refractivity contribution in [2.24, 2.45) is 0 Å². The molecule has 1 aliphatic heterocycles. The van der Waals surface area contributed by atoms with Crippen molar-refractivity contribution in [2.45, 2.75) is 31.7 Å². The molecule has 186 valence electrons. The maximum atomic E-state index is 13.8. The van der Waals surface area contributed by atoms with Crippen molar-refractivity contribution in [3.05, 3.63) is 100 Å². The van der Waals surface area contributed by atoms with Crippen LogP contribution < -0.4 is 5.32 Å². The van der Waals surface area contributed by atoms with Gasteiger partial charge >= 0.3 is 0 Å². The highest BCUT2D eigenvalue weighted by molar-refractivity contribution is 7.18. The Kier molecular flexibility index (Phi) is 6.60. The van der Waals surface area contributed by atoms with Crippen LogP contribution in [-0.2, 0) is 13.0 Å². The number of fused-ring (bicyclic) bond motifs is 1. The molecular weight excluding hydrogens is 482 g/mol. The third kappa shape index (κ3) is 4.95. The van der Waals surface area contributed by atoms with Crippen LogP contribution in [0.2, 0.25) is 0 Å². The fourth-order valence-corrected chi connectivity index (χ4v) is 6.06. The number of hydrogen-bond donors (Lipinski definition) is 2. The molecule has 3 aromatic heterocycles. The summed E-state index contributed by atoms with van der Waals surface area (Å²) in [5.74, 6) is 1.14. The lowest BCUT2D eigenvalue weighted by Crippen LogP contribution is -2.38. The van der Waals surface area contributed by atoms with Gasteiger partial charge in [0, 0.05) is 32.3 Å². The molecule has 2 N–H and O–H groups in total. The minimum absolute atomic E-state index is 0.0320. The van der Waals surface area contributed by atoms with E-state index in [1.807, 2.05) is 29.2 Å². The molecule has 1 fully saturated rings. The average Bonchev–Trinajstić information content (AvgIpc) is 3.63. The van der Waals surface area contributed by atoms with Gasteiger partial charge in [0.1, 0.15) is 0 Å². The van der Waals surface area contributed by atoms with E-state index >= 15 is 0 Å². The molecule has 0 bridgehead atoms. The number of nitrogens with zero attached hydrogens (tertiary/aromatic N) is 5. The summed E-state index contributed by atoms with van der Waals surface area (Å²) >= 11 is 1.59. The summed E-state index contributed by atoms with van der Waals surface area (Å²) in [5, 5.41) is 20.0. The summed E-state index contributed by atoms with van der Waals surface area (Å²) < 4.78 is 0.972. The summed E-state index contributed by atoms with van der Waals surface area (Å²) in [5.41, 5.74) is 5.85. The minimum atomic E-state index is 0.0320. The Bertz CT molecular complexity index is 1480. The number of aromatic amines is 1. The molecule has 0 radical (unpaired) electrons. The number of rotatable bonds is 7. The van der Waals surface area contributed by atoms with Crippen LogP contribution >= 0.6 is 11.3 Å². The lowest BCUT2D eigenvalue weighted by atomic mass is 9.89. The zero-order valence-corrected chi connectivity index (χ0v) is 21.1. The van der Waals surface area contributed by atoms with E-state index in [0.717, 1.165) is 53.0 Å². The van der Waals surface area contributed by atoms with E-state index in [1.165, 1.54) is 5.56 Å². The maximum absolute atomic E-state index is 13.8. The van der Waals surface area contributed by atoms with E-state index < -0.39 is 0 Å². The first-order valence-electron chi connectivity index (χ1n) is 12.5.